The van der Waals surface area contributed by atoms with Gasteiger partial charge in [0.25, 0.3) is 0 Å². The van der Waals surface area contributed by atoms with Crippen molar-refractivity contribution in [1.29, 1.82) is 0 Å². The van der Waals surface area contributed by atoms with Crippen molar-refractivity contribution in [1.82, 2.24) is 13.8 Å². The van der Waals surface area contributed by atoms with E-state index in [1.165, 1.54) is 12.8 Å². The number of hydrogen-bond acceptors (Lipinski definition) is 4. The van der Waals surface area contributed by atoms with Crippen LogP contribution in [-0.4, -0.2) is 54.4 Å². The first-order valence-corrected chi connectivity index (χ1v) is 8.56. The van der Waals surface area contributed by atoms with Gasteiger partial charge in [0.05, 0.1) is 0 Å². The molecule has 3 rings (SSSR count). The molecule has 1 aromatic rings. The summed E-state index contributed by atoms with van der Waals surface area (Å²) < 4.78 is 28.6. The third-order valence-electron chi connectivity index (χ3n) is 4.27. The van der Waals surface area contributed by atoms with E-state index in [2.05, 4.69) is 4.90 Å². The molecule has 1 aliphatic heterocycles. The zero-order chi connectivity index (χ0) is 14.3. The molecule has 2 aliphatic rings. The number of aryl methyl sites for hydroxylation is 1. The molecule has 2 N–H and O–H groups in total. The summed E-state index contributed by atoms with van der Waals surface area (Å²) in [5, 5.41) is 0. The Bertz CT molecular complexity index is 584. The Labute approximate surface area is 120 Å². The molecule has 0 radical (unpaired) electrons. The highest BCUT2D eigenvalue weighted by Gasteiger charge is 2.35. The number of hydrogen-bond donors (Lipinski definition) is 1. The summed E-state index contributed by atoms with van der Waals surface area (Å²) in [4.78, 5) is 2.77. The van der Waals surface area contributed by atoms with Crippen LogP contribution < -0.4 is 5.73 Å². The van der Waals surface area contributed by atoms with Gasteiger partial charge in [-0.05, 0) is 18.9 Å². The first-order valence-electron chi connectivity index (χ1n) is 7.12. The lowest BCUT2D eigenvalue weighted by Gasteiger charge is -2.33. The van der Waals surface area contributed by atoms with Gasteiger partial charge in [0.1, 0.15) is 4.90 Å². The molecule has 6 nitrogen and oxygen atoms in total. The van der Waals surface area contributed by atoms with E-state index < -0.39 is 10.0 Å². The highest BCUT2D eigenvalue weighted by atomic mass is 32.2. The lowest BCUT2D eigenvalue weighted by Crippen LogP contribution is -2.49. The fourth-order valence-corrected chi connectivity index (χ4v) is 4.34. The van der Waals surface area contributed by atoms with Crippen LogP contribution in [0.1, 0.15) is 18.5 Å². The van der Waals surface area contributed by atoms with Crippen LogP contribution in [0.15, 0.2) is 17.2 Å². The average Bonchev–Trinajstić information content (AvgIpc) is 3.22. The Morgan fingerprint density at radius 2 is 1.90 bits per heavy atom. The summed E-state index contributed by atoms with van der Waals surface area (Å²) in [6, 6.07) is 2.39. The summed E-state index contributed by atoms with van der Waals surface area (Å²) in [6.07, 6.45) is 4.20. The van der Waals surface area contributed by atoms with Gasteiger partial charge in [0, 0.05) is 57.7 Å². The second-order valence-corrected chi connectivity index (χ2v) is 7.59. The monoisotopic (exact) mass is 298 g/mol. The molecule has 1 saturated heterocycles. The van der Waals surface area contributed by atoms with E-state index in [4.69, 9.17) is 5.73 Å². The fraction of sp³-hybridized carbons (Fsp3) is 0.692. The number of piperazine rings is 1. The second kappa shape index (κ2) is 5.14. The van der Waals surface area contributed by atoms with E-state index in [0.717, 1.165) is 18.8 Å². The smallest absolute Gasteiger partial charge is 0.244 e. The molecule has 0 unspecified atom stereocenters. The van der Waals surface area contributed by atoms with Gasteiger partial charge in [-0.15, -0.1) is 0 Å². The Morgan fingerprint density at radius 3 is 2.40 bits per heavy atom. The highest BCUT2D eigenvalue weighted by Crippen LogP contribution is 2.28. The van der Waals surface area contributed by atoms with E-state index in [9.17, 15) is 8.42 Å². The molecule has 2 fully saturated rings. The maximum absolute atomic E-state index is 12.6. The first-order chi connectivity index (χ1) is 9.52. The number of nitrogens with two attached hydrogens (primary N) is 1. The van der Waals surface area contributed by atoms with E-state index in [-0.39, 0.29) is 0 Å². The fourth-order valence-electron chi connectivity index (χ4n) is 2.82. The summed E-state index contributed by atoms with van der Waals surface area (Å²) in [5.74, 6) is 0. The Hall–Kier alpha value is -0.890. The molecule has 0 amide bonds. The van der Waals surface area contributed by atoms with Crippen molar-refractivity contribution in [2.45, 2.75) is 30.3 Å². The summed E-state index contributed by atoms with van der Waals surface area (Å²) in [6.45, 7) is 3.22. The molecule has 0 bridgehead atoms. The third-order valence-corrected chi connectivity index (χ3v) is 6.13. The quantitative estimate of drug-likeness (QED) is 0.846. The topological polar surface area (TPSA) is 71.6 Å². The lowest BCUT2D eigenvalue weighted by atomic mass is 10.3. The Balaban J connectivity index is 1.74. The normalized spacial score (nSPS) is 22.3. The van der Waals surface area contributed by atoms with Crippen molar-refractivity contribution in [3.8, 4) is 0 Å². The van der Waals surface area contributed by atoms with Crippen LogP contribution >= 0.6 is 0 Å². The summed E-state index contributed by atoms with van der Waals surface area (Å²) >= 11 is 0. The summed E-state index contributed by atoms with van der Waals surface area (Å²) in [7, 11) is -1.55. The molecular weight excluding hydrogens is 276 g/mol. The van der Waals surface area contributed by atoms with Crippen LogP contribution in [0, 0.1) is 0 Å². The van der Waals surface area contributed by atoms with Crippen LogP contribution in [0.2, 0.25) is 0 Å². The number of aromatic nitrogens is 1. The largest absolute Gasteiger partial charge is 0.352 e. The Kier molecular flexibility index (Phi) is 3.62. The molecule has 112 valence electrons. The van der Waals surface area contributed by atoms with Crippen molar-refractivity contribution in [2.75, 3.05) is 26.2 Å². The third kappa shape index (κ3) is 2.50. The zero-order valence-corrected chi connectivity index (χ0v) is 12.6. The molecule has 2 heterocycles. The van der Waals surface area contributed by atoms with Crippen LogP contribution in [0.25, 0.3) is 0 Å². The molecule has 0 aromatic carbocycles. The van der Waals surface area contributed by atoms with Gasteiger partial charge in [-0.1, -0.05) is 0 Å². The van der Waals surface area contributed by atoms with E-state index in [1.54, 1.807) is 21.1 Å². The highest BCUT2D eigenvalue weighted by molar-refractivity contribution is 7.89. The van der Waals surface area contributed by atoms with Crippen molar-refractivity contribution < 1.29 is 8.42 Å². The molecular formula is C13H22N4O2S. The predicted molar refractivity (Wildman–Crippen MR) is 76.7 cm³/mol. The predicted octanol–water partition coefficient (Wildman–Crippen LogP) is -0.0475. The SMILES string of the molecule is Cn1cc(S(=O)(=O)N2CCN(C3CC3)CC2)cc1CN. The maximum Gasteiger partial charge on any atom is 0.244 e. The lowest BCUT2D eigenvalue weighted by molar-refractivity contribution is 0.180. The summed E-state index contributed by atoms with van der Waals surface area (Å²) in [5.41, 5.74) is 6.44. The van der Waals surface area contributed by atoms with Crippen LogP contribution in [0.5, 0.6) is 0 Å². The van der Waals surface area contributed by atoms with Gasteiger partial charge < -0.3 is 10.3 Å². The molecule has 0 spiro atoms. The second-order valence-electron chi connectivity index (χ2n) is 5.65. The molecule has 1 aromatic heterocycles. The van der Waals surface area contributed by atoms with E-state index in [1.807, 2.05) is 7.05 Å². The van der Waals surface area contributed by atoms with Crippen molar-refractivity contribution in [3.63, 3.8) is 0 Å². The van der Waals surface area contributed by atoms with E-state index in [0.29, 0.717) is 30.6 Å². The average molecular weight is 298 g/mol. The molecule has 7 heteroatoms. The van der Waals surface area contributed by atoms with Crippen molar-refractivity contribution >= 4 is 10.0 Å². The van der Waals surface area contributed by atoms with Crippen molar-refractivity contribution in [2.24, 2.45) is 12.8 Å². The molecule has 1 saturated carbocycles. The van der Waals surface area contributed by atoms with Crippen LogP contribution in [0.4, 0.5) is 0 Å². The molecule has 1 aliphatic carbocycles. The van der Waals surface area contributed by atoms with Gasteiger partial charge in [-0.3, -0.25) is 4.90 Å². The van der Waals surface area contributed by atoms with Gasteiger partial charge in [0.15, 0.2) is 0 Å². The Morgan fingerprint density at radius 1 is 1.25 bits per heavy atom. The van der Waals surface area contributed by atoms with Gasteiger partial charge in [0.2, 0.25) is 10.0 Å². The number of rotatable bonds is 4. The minimum atomic E-state index is -3.37. The number of sulfonamides is 1. The first kappa shape index (κ1) is 14.1. The van der Waals surface area contributed by atoms with Crippen molar-refractivity contribution in [3.05, 3.63) is 18.0 Å². The molecule has 0 atom stereocenters. The minimum Gasteiger partial charge on any atom is -0.352 e. The standard InChI is InChI=1S/C13H22N4O2S/c1-15-10-13(8-12(15)9-14)20(18,19)17-6-4-16(5-7-17)11-2-3-11/h8,10-11H,2-7,9,14H2,1H3. The van der Waals surface area contributed by atoms with Gasteiger partial charge >= 0.3 is 0 Å². The van der Waals surface area contributed by atoms with Crippen LogP contribution in [0.3, 0.4) is 0 Å². The van der Waals surface area contributed by atoms with E-state index >= 15 is 0 Å². The minimum absolute atomic E-state index is 0.349. The van der Waals surface area contributed by atoms with Gasteiger partial charge in [-0.2, -0.15) is 4.31 Å². The van der Waals surface area contributed by atoms with Gasteiger partial charge in [-0.25, -0.2) is 8.42 Å². The zero-order valence-electron chi connectivity index (χ0n) is 11.8. The van der Waals surface area contributed by atoms with Crippen LogP contribution in [-0.2, 0) is 23.6 Å². The number of nitrogens with zero attached hydrogens (tertiary/aromatic N) is 3. The molecule has 20 heavy (non-hydrogen) atoms. The maximum atomic E-state index is 12.6.